The number of hydrogen-bond donors (Lipinski definition) is 1. The summed E-state index contributed by atoms with van der Waals surface area (Å²) in [7, 11) is 0. The van der Waals surface area contributed by atoms with Crippen molar-refractivity contribution in [2.45, 2.75) is 18.9 Å². The number of nitrogens with zero attached hydrogens (tertiary/aromatic N) is 3. The van der Waals surface area contributed by atoms with Crippen LogP contribution in [0.3, 0.4) is 0 Å². The number of nitrogens with one attached hydrogen (secondary N) is 1. The molecule has 0 saturated carbocycles. The quantitative estimate of drug-likeness (QED) is 0.946. The third-order valence-corrected chi connectivity index (χ3v) is 5.03. The van der Waals surface area contributed by atoms with Gasteiger partial charge in [-0.1, -0.05) is 17.7 Å². The summed E-state index contributed by atoms with van der Waals surface area (Å²) in [6.07, 6.45) is 8.02. The van der Waals surface area contributed by atoms with Crippen molar-refractivity contribution in [2.75, 3.05) is 25.0 Å². The summed E-state index contributed by atoms with van der Waals surface area (Å²) >= 11 is 6.42. The van der Waals surface area contributed by atoms with E-state index >= 15 is 0 Å². The molecule has 0 amide bonds. The Morgan fingerprint density at radius 1 is 1.24 bits per heavy atom. The van der Waals surface area contributed by atoms with Gasteiger partial charge >= 0.3 is 0 Å². The molecular formula is C16H19ClN4. The molecular weight excluding hydrogens is 284 g/mol. The number of benzene rings is 1. The fraction of sp³-hybridized carbons (Fsp3) is 0.438. The molecule has 4 nitrogen and oxygen atoms in total. The van der Waals surface area contributed by atoms with Crippen molar-refractivity contribution in [1.29, 1.82) is 0 Å². The minimum atomic E-state index is 0.546. The smallest absolute Gasteiger partial charge is 0.0992 e. The van der Waals surface area contributed by atoms with Gasteiger partial charge in [-0.2, -0.15) is 0 Å². The van der Waals surface area contributed by atoms with Crippen LogP contribution in [0.4, 0.5) is 5.69 Å². The number of para-hydroxylation sites is 1. The Hall–Kier alpha value is -1.52. The zero-order valence-electron chi connectivity index (χ0n) is 11.9. The standard InChI is InChI=1S/C16H19ClN4/c17-13-2-1-3-15(16(13)21-9-6-18-11-21)19-14-5-8-20-7-4-12(14)10-20/h1-3,6,9,11-12,14,19H,4-5,7-8,10H2. The lowest BCUT2D eigenvalue weighted by Gasteiger charge is -2.32. The van der Waals surface area contributed by atoms with Gasteiger partial charge in [-0.05, 0) is 37.4 Å². The summed E-state index contributed by atoms with van der Waals surface area (Å²) in [5, 5.41) is 4.50. The van der Waals surface area contributed by atoms with E-state index in [-0.39, 0.29) is 0 Å². The Bertz CT molecular complexity index is 625. The summed E-state index contributed by atoms with van der Waals surface area (Å²) in [5.41, 5.74) is 2.10. The zero-order valence-corrected chi connectivity index (χ0v) is 12.6. The van der Waals surface area contributed by atoms with Crippen LogP contribution in [0.1, 0.15) is 12.8 Å². The molecule has 2 aromatic rings. The molecule has 2 aliphatic rings. The minimum Gasteiger partial charge on any atom is -0.380 e. The second-order valence-electron chi connectivity index (χ2n) is 5.99. The lowest BCUT2D eigenvalue weighted by atomic mass is 9.94. The van der Waals surface area contributed by atoms with Crippen LogP contribution in [-0.4, -0.2) is 40.1 Å². The Labute approximate surface area is 129 Å². The van der Waals surface area contributed by atoms with Gasteiger partial charge in [0.05, 0.1) is 22.7 Å². The summed E-state index contributed by atoms with van der Waals surface area (Å²) in [6, 6.07) is 6.60. The normalized spacial score (nSPS) is 27.8. The summed E-state index contributed by atoms with van der Waals surface area (Å²) in [5.74, 6) is 0.758. The number of piperidine rings is 1. The maximum atomic E-state index is 6.42. The van der Waals surface area contributed by atoms with Crippen molar-refractivity contribution in [3.05, 3.63) is 41.9 Å². The highest BCUT2D eigenvalue weighted by Crippen LogP contribution is 2.33. The molecule has 21 heavy (non-hydrogen) atoms. The van der Waals surface area contributed by atoms with Gasteiger partial charge < -0.3 is 14.8 Å². The Morgan fingerprint density at radius 3 is 3.00 bits per heavy atom. The molecule has 2 bridgehead atoms. The predicted octanol–water partition coefficient (Wildman–Crippen LogP) is 3.03. The molecule has 2 fully saturated rings. The van der Waals surface area contributed by atoms with Crippen molar-refractivity contribution >= 4 is 17.3 Å². The van der Waals surface area contributed by atoms with Crippen LogP contribution in [0, 0.1) is 5.92 Å². The van der Waals surface area contributed by atoms with Crippen LogP contribution in [0.2, 0.25) is 5.02 Å². The second kappa shape index (κ2) is 5.35. The highest BCUT2D eigenvalue weighted by Gasteiger charge is 2.34. The van der Waals surface area contributed by atoms with Gasteiger partial charge in [-0.3, -0.25) is 0 Å². The number of fused-ring (bicyclic) bond motifs is 2. The first kappa shape index (κ1) is 13.2. The highest BCUT2D eigenvalue weighted by atomic mass is 35.5. The first-order valence-corrected chi connectivity index (χ1v) is 7.95. The second-order valence-corrected chi connectivity index (χ2v) is 6.40. The molecule has 3 heterocycles. The van der Waals surface area contributed by atoms with Crippen LogP contribution in [-0.2, 0) is 0 Å². The summed E-state index contributed by atoms with van der Waals surface area (Å²) in [6.45, 7) is 3.69. The maximum absolute atomic E-state index is 6.42. The molecule has 0 spiro atoms. The molecule has 1 aromatic carbocycles. The van der Waals surface area contributed by atoms with Crippen molar-refractivity contribution in [3.63, 3.8) is 0 Å². The number of imidazole rings is 1. The van der Waals surface area contributed by atoms with Gasteiger partial charge in [0.2, 0.25) is 0 Å². The van der Waals surface area contributed by atoms with Gasteiger partial charge in [0, 0.05) is 31.5 Å². The van der Waals surface area contributed by atoms with Crippen molar-refractivity contribution < 1.29 is 0 Å². The molecule has 110 valence electrons. The zero-order chi connectivity index (χ0) is 14.2. The van der Waals surface area contributed by atoms with E-state index in [4.69, 9.17) is 11.6 Å². The fourth-order valence-corrected chi connectivity index (χ4v) is 3.90. The molecule has 5 heteroatoms. The molecule has 0 aliphatic carbocycles. The number of anilines is 1. The first-order valence-electron chi connectivity index (χ1n) is 7.57. The number of rotatable bonds is 3. The van der Waals surface area contributed by atoms with E-state index in [9.17, 15) is 0 Å². The van der Waals surface area contributed by atoms with Crippen LogP contribution < -0.4 is 5.32 Å². The van der Waals surface area contributed by atoms with E-state index in [1.165, 1.54) is 32.5 Å². The Balaban J connectivity index is 1.64. The molecule has 3 atom stereocenters. The van der Waals surface area contributed by atoms with Crippen molar-refractivity contribution in [1.82, 2.24) is 14.5 Å². The van der Waals surface area contributed by atoms with E-state index in [0.29, 0.717) is 6.04 Å². The molecule has 1 N–H and O–H groups in total. The van der Waals surface area contributed by atoms with Crippen molar-refractivity contribution in [2.24, 2.45) is 5.92 Å². The van der Waals surface area contributed by atoms with E-state index in [1.807, 2.05) is 22.9 Å². The molecule has 4 rings (SSSR count). The van der Waals surface area contributed by atoms with Crippen LogP contribution in [0.5, 0.6) is 0 Å². The third kappa shape index (κ3) is 2.43. The van der Waals surface area contributed by atoms with E-state index < -0.39 is 0 Å². The number of halogens is 1. The van der Waals surface area contributed by atoms with Gasteiger partial charge in [-0.15, -0.1) is 0 Å². The van der Waals surface area contributed by atoms with Gasteiger partial charge in [0.1, 0.15) is 0 Å². The summed E-state index contributed by atoms with van der Waals surface area (Å²) in [4.78, 5) is 6.70. The van der Waals surface area contributed by atoms with E-state index in [1.54, 1.807) is 12.5 Å². The van der Waals surface area contributed by atoms with Crippen LogP contribution in [0.25, 0.3) is 5.69 Å². The number of aromatic nitrogens is 2. The largest absolute Gasteiger partial charge is 0.380 e. The van der Waals surface area contributed by atoms with Gasteiger partial charge in [0.25, 0.3) is 0 Å². The van der Waals surface area contributed by atoms with E-state index in [0.717, 1.165) is 22.3 Å². The topological polar surface area (TPSA) is 33.1 Å². The molecule has 2 saturated heterocycles. The highest BCUT2D eigenvalue weighted by molar-refractivity contribution is 6.33. The summed E-state index contributed by atoms with van der Waals surface area (Å²) < 4.78 is 1.98. The lowest BCUT2D eigenvalue weighted by Crippen LogP contribution is -2.39. The Morgan fingerprint density at radius 2 is 2.14 bits per heavy atom. The minimum absolute atomic E-state index is 0.546. The molecule has 0 radical (unpaired) electrons. The fourth-order valence-electron chi connectivity index (χ4n) is 3.63. The molecule has 3 unspecified atom stereocenters. The average molecular weight is 303 g/mol. The SMILES string of the molecule is Clc1cccc(NC2CCN3CCC2C3)c1-n1ccnc1. The van der Waals surface area contributed by atoms with Crippen molar-refractivity contribution in [3.8, 4) is 5.69 Å². The molecule has 2 aliphatic heterocycles. The first-order chi connectivity index (χ1) is 10.3. The van der Waals surface area contributed by atoms with Gasteiger partial charge in [-0.25, -0.2) is 4.98 Å². The lowest BCUT2D eigenvalue weighted by molar-refractivity contribution is 0.255. The maximum Gasteiger partial charge on any atom is 0.0992 e. The average Bonchev–Trinajstić information content (AvgIpc) is 3.12. The van der Waals surface area contributed by atoms with E-state index in [2.05, 4.69) is 21.3 Å². The predicted molar refractivity (Wildman–Crippen MR) is 85.1 cm³/mol. The monoisotopic (exact) mass is 302 g/mol. The number of hydrogen-bond acceptors (Lipinski definition) is 3. The third-order valence-electron chi connectivity index (χ3n) is 4.72. The van der Waals surface area contributed by atoms with Gasteiger partial charge in [0.15, 0.2) is 0 Å². The van der Waals surface area contributed by atoms with Crippen LogP contribution >= 0.6 is 11.6 Å². The van der Waals surface area contributed by atoms with Crippen LogP contribution in [0.15, 0.2) is 36.9 Å². The Kier molecular flexibility index (Phi) is 3.36. The molecule has 1 aromatic heterocycles.